The van der Waals surface area contributed by atoms with Crippen molar-refractivity contribution in [3.8, 4) is 11.8 Å². The van der Waals surface area contributed by atoms with Crippen molar-refractivity contribution in [1.29, 1.82) is 0 Å². The van der Waals surface area contributed by atoms with Gasteiger partial charge in [0.25, 0.3) is 0 Å². The van der Waals surface area contributed by atoms with E-state index in [-0.39, 0.29) is 6.61 Å². The number of nitrogens with zero attached hydrogens (tertiary/aromatic N) is 4. The van der Waals surface area contributed by atoms with E-state index in [2.05, 4.69) is 27.0 Å². The van der Waals surface area contributed by atoms with E-state index >= 15 is 0 Å². The van der Waals surface area contributed by atoms with Crippen molar-refractivity contribution in [2.75, 3.05) is 0 Å². The van der Waals surface area contributed by atoms with Gasteiger partial charge < -0.3 is 9.36 Å². The quantitative estimate of drug-likeness (QED) is 0.386. The van der Waals surface area contributed by atoms with Gasteiger partial charge in [-0.2, -0.15) is 9.72 Å². The number of aromatic nitrogens is 3. The van der Waals surface area contributed by atoms with E-state index in [1.54, 1.807) is 7.05 Å². The average molecular weight is 380 g/mol. The molecule has 1 saturated carbocycles. The molecule has 27 heavy (non-hydrogen) atoms. The lowest BCUT2D eigenvalue weighted by Gasteiger charge is -2.05. The first-order valence-electron chi connectivity index (χ1n) is 8.45. The number of benzene rings is 1. The molecule has 0 aliphatic heterocycles. The summed E-state index contributed by atoms with van der Waals surface area (Å²) < 4.78 is 6.19. The minimum absolute atomic E-state index is 0.206. The Labute approximate surface area is 159 Å². The minimum atomic E-state index is -0.685. The van der Waals surface area contributed by atoms with Gasteiger partial charge in [0.15, 0.2) is 18.1 Å². The molecular weight excluding hydrogens is 364 g/mol. The SMILES string of the molecule is Cn1oc(=O)nc1/C(=N\OCc1nc(C#CC2CC2)cs1)c1ccccc1. The zero-order valence-electron chi connectivity index (χ0n) is 14.6. The minimum Gasteiger partial charge on any atom is -0.388 e. The number of hydrogen-bond donors (Lipinski definition) is 0. The van der Waals surface area contributed by atoms with Crippen molar-refractivity contribution in [3.63, 3.8) is 0 Å². The molecule has 2 aromatic heterocycles. The van der Waals surface area contributed by atoms with Crippen LogP contribution in [0, 0.1) is 17.8 Å². The van der Waals surface area contributed by atoms with E-state index < -0.39 is 5.76 Å². The van der Waals surface area contributed by atoms with Crippen LogP contribution < -0.4 is 5.76 Å². The second-order valence-electron chi connectivity index (χ2n) is 6.04. The van der Waals surface area contributed by atoms with Crippen LogP contribution in [-0.4, -0.2) is 20.4 Å². The molecule has 0 unspecified atom stereocenters. The maximum absolute atomic E-state index is 11.4. The number of thiazole rings is 1. The fourth-order valence-corrected chi connectivity index (χ4v) is 2.98. The Morgan fingerprint density at radius 1 is 1.37 bits per heavy atom. The largest absolute Gasteiger partial charge is 0.460 e. The maximum atomic E-state index is 11.4. The molecule has 7 nitrogen and oxygen atoms in total. The molecule has 0 amide bonds. The van der Waals surface area contributed by atoms with Gasteiger partial charge in [0.05, 0.1) is 0 Å². The normalized spacial score (nSPS) is 13.9. The Hall–Kier alpha value is -3.18. The van der Waals surface area contributed by atoms with Gasteiger partial charge in [-0.3, -0.25) is 0 Å². The van der Waals surface area contributed by atoms with Crippen molar-refractivity contribution in [2.45, 2.75) is 19.4 Å². The summed E-state index contributed by atoms with van der Waals surface area (Å²) in [6, 6.07) is 9.35. The zero-order valence-corrected chi connectivity index (χ0v) is 15.4. The molecule has 1 aliphatic carbocycles. The first-order chi connectivity index (χ1) is 13.2. The van der Waals surface area contributed by atoms with Crippen molar-refractivity contribution in [3.05, 3.63) is 68.4 Å². The summed E-state index contributed by atoms with van der Waals surface area (Å²) >= 11 is 1.47. The fraction of sp³-hybridized carbons (Fsp3) is 0.263. The molecule has 0 saturated heterocycles. The van der Waals surface area contributed by atoms with E-state index in [0.29, 0.717) is 17.5 Å². The van der Waals surface area contributed by atoms with Crippen LogP contribution in [0.4, 0.5) is 0 Å². The molecule has 1 aliphatic rings. The third-order valence-corrected chi connectivity index (χ3v) is 4.67. The van der Waals surface area contributed by atoms with Crippen LogP contribution in [0.5, 0.6) is 0 Å². The van der Waals surface area contributed by atoms with Crippen molar-refractivity contribution in [2.24, 2.45) is 18.1 Å². The van der Waals surface area contributed by atoms with Gasteiger partial charge in [-0.25, -0.2) is 9.78 Å². The predicted octanol–water partition coefficient (Wildman–Crippen LogP) is 2.56. The lowest BCUT2D eigenvalue weighted by atomic mass is 10.1. The van der Waals surface area contributed by atoms with Crippen LogP contribution in [0.3, 0.4) is 0 Å². The number of rotatable bonds is 5. The van der Waals surface area contributed by atoms with Crippen LogP contribution in [0.25, 0.3) is 0 Å². The second kappa shape index (κ2) is 7.60. The molecule has 1 fully saturated rings. The van der Waals surface area contributed by atoms with Gasteiger partial charge in [0.1, 0.15) is 10.7 Å². The molecule has 4 rings (SSSR count). The molecule has 1 aromatic carbocycles. The monoisotopic (exact) mass is 380 g/mol. The molecule has 0 bridgehead atoms. The molecule has 0 spiro atoms. The molecule has 0 atom stereocenters. The summed E-state index contributed by atoms with van der Waals surface area (Å²) in [6.45, 7) is 0.206. The smallest absolute Gasteiger partial charge is 0.388 e. The summed E-state index contributed by atoms with van der Waals surface area (Å²) in [7, 11) is 1.59. The maximum Gasteiger partial charge on any atom is 0.460 e. The van der Waals surface area contributed by atoms with E-state index in [9.17, 15) is 4.79 Å². The molecule has 3 aromatic rings. The Kier molecular flexibility index (Phi) is 4.85. The van der Waals surface area contributed by atoms with Crippen molar-refractivity contribution < 1.29 is 9.36 Å². The Morgan fingerprint density at radius 3 is 2.89 bits per heavy atom. The molecule has 8 heteroatoms. The van der Waals surface area contributed by atoms with Crippen LogP contribution in [0.2, 0.25) is 0 Å². The van der Waals surface area contributed by atoms with E-state index in [1.807, 2.05) is 35.7 Å². The van der Waals surface area contributed by atoms with Crippen LogP contribution >= 0.6 is 11.3 Å². The highest BCUT2D eigenvalue weighted by Crippen LogP contribution is 2.27. The molecular formula is C19H16N4O3S. The third kappa shape index (κ3) is 4.33. The van der Waals surface area contributed by atoms with E-state index in [0.717, 1.165) is 16.3 Å². The summed E-state index contributed by atoms with van der Waals surface area (Å²) in [5.41, 5.74) is 1.93. The first kappa shape index (κ1) is 17.2. The Balaban J connectivity index is 1.52. The van der Waals surface area contributed by atoms with Crippen molar-refractivity contribution in [1.82, 2.24) is 14.7 Å². The topological polar surface area (TPSA) is 82.5 Å². The van der Waals surface area contributed by atoms with Crippen LogP contribution in [-0.2, 0) is 18.5 Å². The highest BCUT2D eigenvalue weighted by Gasteiger charge is 2.18. The number of oxime groups is 1. The van der Waals surface area contributed by atoms with Gasteiger partial charge >= 0.3 is 5.76 Å². The highest BCUT2D eigenvalue weighted by molar-refractivity contribution is 7.09. The Bertz CT molecular complexity index is 1080. The summed E-state index contributed by atoms with van der Waals surface area (Å²) in [5.74, 6) is 6.42. The van der Waals surface area contributed by atoms with Gasteiger partial charge in [-0.15, -0.1) is 11.3 Å². The fourth-order valence-electron chi connectivity index (χ4n) is 2.35. The van der Waals surface area contributed by atoms with E-state index in [4.69, 9.17) is 9.36 Å². The average Bonchev–Trinajstić information content (AvgIpc) is 3.30. The van der Waals surface area contributed by atoms with E-state index in [1.165, 1.54) is 28.9 Å². The van der Waals surface area contributed by atoms with Gasteiger partial charge in [-0.05, 0) is 18.8 Å². The highest BCUT2D eigenvalue weighted by atomic mass is 32.1. The standard InChI is InChI=1S/C19H16N4O3S/c1-23-18(21-19(24)26-23)17(14-5-3-2-4-6-14)22-25-11-16-20-15(12-27-16)10-9-13-7-8-13/h2-6,12-13H,7-8,11H2,1H3/b22-17-. The molecule has 0 N–H and O–H groups in total. The van der Waals surface area contributed by atoms with Gasteiger partial charge in [-0.1, -0.05) is 41.4 Å². The lowest BCUT2D eigenvalue weighted by Crippen LogP contribution is -2.11. The number of hydrogen-bond acceptors (Lipinski definition) is 7. The van der Waals surface area contributed by atoms with Gasteiger partial charge in [0, 0.05) is 23.9 Å². The Morgan fingerprint density at radius 2 is 2.19 bits per heavy atom. The molecule has 2 heterocycles. The van der Waals surface area contributed by atoms with Crippen molar-refractivity contribution >= 4 is 17.0 Å². The first-order valence-corrected chi connectivity index (χ1v) is 9.33. The molecule has 136 valence electrons. The third-order valence-electron chi connectivity index (χ3n) is 3.85. The van der Waals surface area contributed by atoms with Gasteiger partial charge in [0.2, 0.25) is 0 Å². The molecule has 0 radical (unpaired) electrons. The van der Waals surface area contributed by atoms with Crippen LogP contribution in [0.15, 0.2) is 50.2 Å². The summed E-state index contributed by atoms with van der Waals surface area (Å²) in [4.78, 5) is 25.2. The second-order valence-corrected chi connectivity index (χ2v) is 6.98. The lowest BCUT2D eigenvalue weighted by molar-refractivity contribution is 0.130. The van der Waals surface area contributed by atoms with Crippen LogP contribution in [0.1, 0.15) is 34.9 Å². The summed E-state index contributed by atoms with van der Waals surface area (Å²) in [5, 5.41) is 6.88. The summed E-state index contributed by atoms with van der Waals surface area (Å²) in [6.07, 6.45) is 2.38. The zero-order chi connectivity index (χ0) is 18.6. The number of aryl methyl sites for hydroxylation is 1. The predicted molar refractivity (Wildman–Crippen MR) is 100 cm³/mol.